The molecule has 0 amide bonds. The zero-order chi connectivity index (χ0) is 23.6. The van der Waals surface area contributed by atoms with E-state index in [1.807, 2.05) is 0 Å². The lowest BCUT2D eigenvalue weighted by Gasteiger charge is -2.25. The second-order valence-corrected chi connectivity index (χ2v) is 10.7. The van der Waals surface area contributed by atoms with Crippen LogP contribution in [0.2, 0.25) is 0 Å². The van der Waals surface area contributed by atoms with Gasteiger partial charge in [0.2, 0.25) is 6.71 Å². The van der Waals surface area contributed by atoms with Crippen molar-refractivity contribution in [2.24, 2.45) is 10.4 Å². The summed E-state index contributed by atoms with van der Waals surface area (Å²) in [6.45, 7) is 21.1. The van der Waals surface area contributed by atoms with Crippen molar-refractivity contribution in [1.82, 2.24) is 0 Å². The maximum atomic E-state index is 4.84. The van der Waals surface area contributed by atoms with Crippen molar-refractivity contribution in [3.63, 3.8) is 0 Å². The number of nitrogens with zero attached hydrogens (tertiary/aromatic N) is 1. The van der Waals surface area contributed by atoms with E-state index < -0.39 is 0 Å². The summed E-state index contributed by atoms with van der Waals surface area (Å²) in [6.07, 6.45) is 2.09. The molecule has 0 bridgehead atoms. The summed E-state index contributed by atoms with van der Waals surface area (Å²) >= 11 is 0. The van der Waals surface area contributed by atoms with E-state index >= 15 is 0 Å². The molecule has 166 valence electrons. The minimum absolute atomic E-state index is 0.175. The molecule has 0 spiro atoms. The Bertz CT molecular complexity index is 1040. The van der Waals surface area contributed by atoms with Crippen molar-refractivity contribution in [2.45, 2.75) is 62.3 Å². The summed E-state index contributed by atoms with van der Waals surface area (Å²) in [5.74, 6) is 0. The molecular formula is C30H38BN. The molecule has 0 aromatic heterocycles. The molecule has 0 aliphatic heterocycles. The molecule has 0 heterocycles. The molecule has 2 heteroatoms. The third-order valence-corrected chi connectivity index (χ3v) is 6.16. The van der Waals surface area contributed by atoms with Gasteiger partial charge in [0.1, 0.15) is 0 Å². The lowest BCUT2D eigenvalue weighted by molar-refractivity contribution is 0.430. The standard InChI is InChI=1S/C30H38BN/c1-20-14-22(3)28(23(4)15-20)31(29-24(5)16-21(2)17-25(29)6)27-13-11-10-12-26(27)18-32-19-30(7,8)9/h10-18H,19H2,1-9H3. The number of aliphatic imine (C=N–C) groups is 1. The SMILES string of the molecule is Cc1cc(C)c(B(c2ccccc2C=NCC(C)(C)C)c2c(C)cc(C)cc2C)c(C)c1. The molecule has 1 nitrogen and oxygen atoms in total. The van der Waals surface area contributed by atoms with Crippen LogP contribution in [-0.2, 0) is 0 Å². The molecule has 0 aliphatic rings. The second kappa shape index (κ2) is 9.49. The Morgan fingerprint density at radius 1 is 0.719 bits per heavy atom. The molecule has 32 heavy (non-hydrogen) atoms. The first-order valence-electron chi connectivity index (χ1n) is 11.7. The van der Waals surface area contributed by atoms with Gasteiger partial charge in [-0.25, -0.2) is 0 Å². The van der Waals surface area contributed by atoms with Crippen LogP contribution in [0.5, 0.6) is 0 Å². The van der Waals surface area contributed by atoms with Crippen LogP contribution in [0, 0.1) is 47.0 Å². The molecule has 0 saturated carbocycles. The van der Waals surface area contributed by atoms with Crippen molar-refractivity contribution in [1.29, 1.82) is 0 Å². The molecule has 0 aliphatic carbocycles. The number of aryl methyl sites for hydroxylation is 6. The van der Waals surface area contributed by atoms with Crippen LogP contribution in [0.15, 0.2) is 53.5 Å². The van der Waals surface area contributed by atoms with Gasteiger partial charge in [-0.2, -0.15) is 0 Å². The van der Waals surface area contributed by atoms with E-state index in [0.29, 0.717) is 0 Å². The fourth-order valence-corrected chi connectivity index (χ4v) is 5.06. The van der Waals surface area contributed by atoms with Crippen LogP contribution in [0.1, 0.15) is 59.7 Å². The summed E-state index contributed by atoms with van der Waals surface area (Å²) in [7, 11) is 0. The Morgan fingerprint density at radius 2 is 1.16 bits per heavy atom. The third-order valence-electron chi connectivity index (χ3n) is 6.16. The third kappa shape index (κ3) is 5.41. The first-order valence-corrected chi connectivity index (χ1v) is 11.7. The summed E-state index contributed by atoms with van der Waals surface area (Å²) in [5, 5.41) is 0. The van der Waals surface area contributed by atoms with Gasteiger partial charge in [-0.3, -0.25) is 4.99 Å². The molecule has 3 aromatic rings. The van der Waals surface area contributed by atoms with Gasteiger partial charge in [0.05, 0.1) is 0 Å². The predicted molar refractivity (Wildman–Crippen MR) is 144 cm³/mol. The van der Waals surface area contributed by atoms with E-state index in [0.717, 1.165) is 6.54 Å². The molecule has 0 N–H and O–H groups in total. The quantitative estimate of drug-likeness (QED) is 0.379. The normalized spacial score (nSPS) is 11.9. The second-order valence-electron chi connectivity index (χ2n) is 10.7. The predicted octanol–water partition coefficient (Wildman–Crippen LogP) is 5.52. The fourth-order valence-electron chi connectivity index (χ4n) is 5.06. The largest absolute Gasteiger partial charge is 0.292 e. The average Bonchev–Trinajstić information content (AvgIpc) is 2.65. The monoisotopic (exact) mass is 423 g/mol. The topological polar surface area (TPSA) is 12.4 Å². The molecule has 0 radical (unpaired) electrons. The molecule has 0 fully saturated rings. The van der Waals surface area contributed by atoms with Crippen LogP contribution in [0.3, 0.4) is 0 Å². The Balaban J connectivity index is 2.30. The van der Waals surface area contributed by atoms with Gasteiger partial charge in [-0.1, -0.05) is 119 Å². The van der Waals surface area contributed by atoms with E-state index in [2.05, 4.69) is 117 Å². The first-order chi connectivity index (χ1) is 15.0. The van der Waals surface area contributed by atoms with Crippen LogP contribution in [0.4, 0.5) is 0 Å². The van der Waals surface area contributed by atoms with E-state index in [4.69, 9.17) is 4.99 Å². The van der Waals surface area contributed by atoms with Crippen LogP contribution in [0.25, 0.3) is 0 Å². The molecule has 0 atom stereocenters. The van der Waals surface area contributed by atoms with E-state index in [-0.39, 0.29) is 12.1 Å². The van der Waals surface area contributed by atoms with Gasteiger partial charge in [-0.15, -0.1) is 0 Å². The zero-order valence-corrected chi connectivity index (χ0v) is 21.4. The number of hydrogen-bond donors (Lipinski definition) is 0. The first kappa shape index (κ1) is 24.0. The maximum absolute atomic E-state index is 4.84. The highest BCUT2D eigenvalue weighted by Crippen LogP contribution is 2.15. The Kier molecular flexibility index (Phi) is 7.13. The zero-order valence-electron chi connectivity index (χ0n) is 21.4. The van der Waals surface area contributed by atoms with Crippen molar-refractivity contribution < 1.29 is 0 Å². The summed E-state index contributed by atoms with van der Waals surface area (Å²) in [5.41, 5.74) is 13.6. The van der Waals surface area contributed by atoms with Crippen molar-refractivity contribution >= 4 is 29.3 Å². The van der Waals surface area contributed by atoms with Crippen LogP contribution < -0.4 is 16.4 Å². The summed E-state index contributed by atoms with van der Waals surface area (Å²) in [4.78, 5) is 4.84. The number of rotatable bonds is 5. The van der Waals surface area contributed by atoms with Gasteiger partial charge < -0.3 is 0 Å². The highest BCUT2D eigenvalue weighted by Gasteiger charge is 2.29. The average molecular weight is 423 g/mol. The van der Waals surface area contributed by atoms with Gasteiger partial charge in [0.25, 0.3) is 0 Å². The van der Waals surface area contributed by atoms with Crippen molar-refractivity contribution in [3.05, 3.63) is 87.5 Å². The summed E-state index contributed by atoms with van der Waals surface area (Å²) < 4.78 is 0. The lowest BCUT2D eigenvalue weighted by atomic mass is 9.33. The molecule has 3 rings (SSSR count). The summed E-state index contributed by atoms with van der Waals surface area (Å²) in [6, 6.07) is 18.1. The smallest absolute Gasteiger partial charge is 0.243 e. The fraction of sp³-hybridized carbons (Fsp3) is 0.367. The molecular weight excluding hydrogens is 385 g/mol. The highest BCUT2D eigenvalue weighted by molar-refractivity contribution is 6.97. The van der Waals surface area contributed by atoms with Gasteiger partial charge in [0, 0.05) is 12.8 Å². The van der Waals surface area contributed by atoms with Crippen LogP contribution in [-0.4, -0.2) is 19.5 Å². The van der Waals surface area contributed by atoms with E-state index in [1.54, 1.807) is 0 Å². The Labute approximate surface area is 196 Å². The molecule has 0 unspecified atom stereocenters. The Morgan fingerprint density at radius 3 is 1.59 bits per heavy atom. The van der Waals surface area contributed by atoms with Crippen LogP contribution >= 0.6 is 0 Å². The van der Waals surface area contributed by atoms with Gasteiger partial charge in [0.15, 0.2) is 0 Å². The van der Waals surface area contributed by atoms with Crippen molar-refractivity contribution in [3.8, 4) is 0 Å². The van der Waals surface area contributed by atoms with E-state index in [9.17, 15) is 0 Å². The highest BCUT2D eigenvalue weighted by atomic mass is 14.7. The van der Waals surface area contributed by atoms with Gasteiger partial charge >= 0.3 is 0 Å². The Hall–Kier alpha value is -2.61. The molecule has 0 saturated heterocycles. The minimum atomic E-state index is 0.175. The minimum Gasteiger partial charge on any atom is -0.292 e. The number of benzene rings is 3. The van der Waals surface area contributed by atoms with E-state index in [1.165, 1.54) is 55.3 Å². The molecule has 3 aromatic carbocycles. The maximum Gasteiger partial charge on any atom is 0.243 e. The number of hydrogen-bond acceptors (Lipinski definition) is 1. The van der Waals surface area contributed by atoms with Gasteiger partial charge in [-0.05, 0) is 52.5 Å². The lowest BCUT2D eigenvalue weighted by Crippen LogP contribution is -2.56. The van der Waals surface area contributed by atoms with Crippen molar-refractivity contribution in [2.75, 3.05) is 6.54 Å².